The summed E-state index contributed by atoms with van der Waals surface area (Å²) in [7, 11) is -3.92. The zero-order chi connectivity index (χ0) is 23.4. The molecular weight excluding hydrogens is 441 g/mol. The Hall–Kier alpha value is -3.54. The molecule has 168 valence electrons. The average Bonchev–Trinajstić information content (AvgIpc) is 2.83. The van der Waals surface area contributed by atoms with Gasteiger partial charge in [-0.3, -0.25) is 4.79 Å². The van der Waals surface area contributed by atoms with E-state index in [9.17, 15) is 22.9 Å². The first-order valence-electron chi connectivity index (χ1n) is 10.5. The van der Waals surface area contributed by atoms with E-state index in [1.54, 1.807) is 41.3 Å². The summed E-state index contributed by atoms with van der Waals surface area (Å²) in [6.07, 6.45) is 1.19. The summed E-state index contributed by atoms with van der Waals surface area (Å²) in [6, 6.07) is 20.7. The van der Waals surface area contributed by atoms with Crippen molar-refractivity contribution in [2.45, 2.75) is 23.8 Å². The number of sulfonamides is 1. The Morgan fingerprint density at radius 2 is 1.76 bits per heavy atom. The first-order valence-corrected chi connectivity index (χ1v) is 12.0. The summed E-state index contributed by atoms with van der Waals surface area (Å²) in [5.41, 5.74) is 2.25. The zero-order valence-corrected chi connectivity index (χ0v) is 18.6. The van der Waals surface area contributed by atoms with Gasteiger partial charge in [-0.2, -0.15) is 5.26 Å². The molecule has 0 bridgehead atoms. The lowest BCUT2D eigenvalue weighted by Crippen LogP contribution is -2.49. The van der Waals surface area contributed by atoms with Crippen molar-refractivity contribution >= 4 is 15.9 Å². The van der Waals surface area contributed by atoms with Gasteiger partial charge in [0, 0.05) is 30.3 Å². The number of nitrogens with zero attached hydrogens (tertiary/aromatic N) is 2. The van der Waals surface area contributed by atoms with Gasteiger partial charge in [0.05, 0.1) is 16.5 Å². The minimum atomic E-state index is -3.92. The van der Waals surface area contributed by atoms with E-state index in [0.29, 0.717) is 41.6 Å². The van der Waals surface area contributed by atoms with Crippen LogP contribution in [0.15, 0.2) is 77.7 Å². The molecule has 0 spiro atoms. The van der Waals surface area contributed by atoms with Crippen molar-refractivity contribution in [1.29, 1.82) is 5.26 Å². The van der Waals surface area contributed by atoms with Gasteiger partial charge < -0.3 is 4.90 Å². The highest BCUT2D eigenvalue weighted by Gasteiger charge is 2.29. The lowest BCUT2D eigenvalue weighted by atomic mass is 9.94. The molecule has 1 aliphatic heterocycles. The SMILES string of the molecule is N#Cc1ccccc1-c1ccccc1C(=O)N1CCCC(NS(=O)(=O)c2cccc(F)c2)C1. The Morgan fingerprint density at radius 1 is 1.03 bits per heavy atom. The highest BCUT2D eigenvalue weighted by Crippen LogP contribution is 2.28. The number of hydrogen-bond acceptors (Lipinski definition) is 4. The van der Waals surface area contributed by atoms with E-state index >= 15 is 0 Å². The predicted octanol–water partition coefficient (Wildman–Crippen LogP) is 3.95. The summed E-state index contributed by atoms with van der Waals surface area (Å²) in [5, 5.41) is 9.48. The minimum Gasteiger partial charge on any atom is -0.337 e. The Bertz CT molecular complexity index is 1330. The number of benzene rings is 3. The summed E-state index contributed by atoms with van der Waals surface area (Å²) >= 11 is 0. The molecule has 0 radical (unpaired) electrons. The number of nitriles is 1. The number of likely N-dealkylation sites (tertiary alicyclic amines) is 1. The molecule has 3 aromatic rings. The maximum absolute atomic E-state index is 13.5. The predicted molar refractivity (Wildman–Crippen MR) is 122 cm³/mol. The normalized spacial score (nSPS) is 16.2. The third-order valence-corrected chi connectivity index (χ3v) is 7.15. The number of carbonyl (C=O) groups is 1. The van der Waals surface area contributed by atoms with E-state index in [-0.39, 0.29) is 17.3 Å². The molecule has 33 heavy (non-hydrogen) atoms. The van der Waals surface area contributed by atoms with Crippen LogP contribution in [0.3, 0.4) is 0 Å². The smallest absolute Gasteiger partial charge is 0.254 e. The van der Waals surface area contributed by atoms with Crippen molar-refractivity contribution in [3.05, 3.63) is 89.7 Å². The standard InChI is InChI=1S/C25H22FN3O3S/c26-19-8-5-10-21(15-19)33(31,32)28-20-9-6-14-29(17-20)25(30)24-13-4-3-12-23(24)22-11-2-1-7-18(22)16-27/h1-5,7-8,10-13,15,20,28H,6,9,14,17H2. The molecule has 1 amide bonds. The number of halogens is 1. The molecule has 1 unspecified atom stereocenters. The molecule has 4 rings (SSSR count). The fraction of sp³-hybridized carbons (Fsp3) is 0.200. The highest BCUT2D eigenvalue weighted by molar-refractivity contribution is 7.89. The second kappa shape index (κ2) is 9.53. The quantitative estimate of drug-likeness (QED) is 0.620. The molecule has 1 N–H and O–H groups in total. The summed E-state index contributed by atoms with van der Waals surface area (Å²) in [4.78, 5) is 14.9. The van der Waals surface area contributed by atoms with Crippen molar-refractivity contribution in [3.8, 4) is 17.2 Å². The van der Waals surface area contributed by atoms with Crippen molar-refractivity contribution in [2.24, 2.45) is 0 Å². The third-order valence-electron chi connectivity index (χ3n) is 5.63. The van der Waals surface area contributed by atoms with E-state index in [0.717, 1.165) is 6.07 Å². The lowest BCUT2D eigenvalue weighted by molar-refractivity contribution is 0.0704. The van der Waals surface area contributed by atoms with Crippen LogP contribution in [0.25, 0.3) is 11.1 Å². The van der Waals surface area contributed by atoms with E-state index in [1.807, 2.05) is 12.1 Å². The molecule has 1 aliphatic rings. The largest absolute Gasteiger partial charge is 0.337 e. The van der Waals surface area contributed by atoms with Gasteiger partial charge in [0.1, 0.15) is 5.82 Å². The van der Waals surface area contributed by atoms with Crippen LogP contribution < -0.4 is 4.72 Å². The van der Waals surface area contributed by atoms with E-state index < -0.39 is 21.9 Å². The molecule has 1 saturated heterocycles. The van der Waals surface area contributed by atoms with Crippen molar-refractivity contribution in [3.63, 3.8) is 0 Å². The van der Waals surface area contributed by atoms with Crippen LogP contribution in [-0.4, -0.2) is 38.4 Å². The molecule has 0 saturated carbocycles. The molecule has 0 aromatic heterocycles. The maximum atomic E-state index is 13.5. The highest BCUT2D eigenvalue weighted by atomic mass is 32.2. The van der Waals surface area contributed by atoms with Crippen molar-refractivity contribution in [2.75, 3.05) is 13.1 Å². The fourth-order valence-corrected chi connectivity index (χ4v) is 5.36. The van der Waals surface area contributed by atoms with Crippen LogP contribution in [0, 0.1) is 17.1 Å². The summed E-state index contributed by atoms with van der Waals surface area (Å²) < 4.78 is 41.5. The number of hydrogen-bond donors (Lipinski definition) is 1. The van der Waals surface area contributed by atoms with E-state index in [4.69, 9.17) is 0 Å². The number of piperidine rings is 1. The molecule has 1 fully saturated rings. The van der Waals surface area contributed by atoms with Crippen LogP contribution >= 0.6 is 0 Å². The first kappa shape index (κ1) is 22.6. The van der Waals surface area contributed by atoms with Crippen molar-refractivity contribution in [1.82, 2.24) is 9.62 Å². The Labute approximate surface area is 192 Å². The molecule has 8 heteroatoms. The monoisotopic (exact) mass is 463 g/mol. The van der Waals surface area contributed by atoms with Crippen LogP contribution in [0.4, 0.5) is 4.39 Å². The van der Waals surface area contributed by atoms with Crippen LogP contribution in [0.1, 0.15) is 28.8 Å². The first-order chi connectivity index (χ1) is 15.9. The second-order valence-corrected chi connectivity index (χ2v) is 9.59. The molecule has 0 aliphatic carbocycles. The Balaban J connectivity index is 1.56. The van der Waals surface area contributed by atoms with E-state index in [2.05, 4.69) is 10.8 Å². The van der Waals surface area contributed by atoms with Gasteiger partial charge in [0.15, 0.2) is 0 Å². The Morgan fingerprint density at radius 3 is 2.52 bits per heavy atom. The zero-order valence-electron chi connectivity index (χ0n) is 17.7. The van der Waals surface area contributed by atoms with Gasteiger partial charge in [-0.25, -0.2) is 17.5 Å². The summed E-state index contributed by atoms with van der Waals surface area (Å²) in [5.74, 6) is -0.861. The summed E-state index contributed by atoms with van der Waals surface area (Å²) in [6.45, 7) is 0.687. The molecule has 1 heterocycles. The average molecular weight is 464 g/mol. The molecular formula is C25H22FN3O3S. The van der Waals surface area contributed by atoms with Crippen LogP contribution in [0.2, 0.25) is 0 Å². The van der Waals surface area contributed by atoms with Gasteiger partial charge >= 0.3 is 0 Å². The van der Waals surface area contributed by atoms with Gasteiger partial charge in [-0.1, -0.05) is 42.5 Å². The maximum Gasteiger partial charge on any atom is 0.254 e. The van der Waals surface area contributed by atoms with Crippen LogP contribution in [0.5, 0.6) is 0 Å². The molecule has 3 aromatic carbocycles. The fourth-order valence-electron chi connectivity index (χ4n) is 4.07. The van der Waals surface area contributed by atoms with Crippen LogP contribution in [-0.2, 0) is 10.0 Å². The number of nitrogens with one attached hydrogen (secondary N) is 1. The Kier molecular flexibility index (Phi) is 6.54. The van der Waals surface area contributed by atoms with Crippen molar-refractivity contribution < 1.29 is 17.6 Å². The second-order valence-electron chi connectivity index (χ2n) is 7.87. The van der Waals surface area contributed by atoms with Gasteiger partial charge in [0.25, 0.3) is 5.91 Å². The molecule has 1 atom stereocenters. The number of amides is 1. The van der Waals surface area contributed by atoms with Gasteiger partial charge in [-0.05, 0) is 48.7 Å². The lowest BCUT2D eigenvalue weighted by Gasteiger charge is -2.33. The minimum absolute atomic E-state index is 0.149. The number of rotatable bonds is 5. The van der Waals surface area contributed by atoms with Gasteiger partial charge in [0.2, 0.25) is 10.0 Å². The molecule has 6 nitrogen and oxygen atoms in total. The van der Waals surface area contributed by atoms with E-state index in [1.165, 1.54) is 18.2 Å². The third kappa shape index (κ3) is 4.95. The number of carbonyl (C=O) groups excluding carboxylic acids is 1. The topological polar surface area (TPSA) is 90.3 Å². The van der Waals surface area contributed by atoms with Gasteiger partial charge in [-0.15, -0.1) is 0 Å².